The molecule has 3 aromatic rings. The molecule has 0 fully saturated rings. The van der Waals surface area contributed by atoms with Crippen molar-refractivity contribution >= 4 is 44.5 Å². The Hall–Kier alpha value is -2.62. The molecule has 0 aliphatic heterocycles. The van der Waals surface area contributed by atoms with Gasteiger partial charge in [0.05, 0.1) is 0 Å². The molecule has 7 heteroatoms. The predicted octanol–water partition coefficient (Wildman–Crippen LogP) is 5.09. The van der Waals surface area contributed by atoms with Gasteiger partial charge in [-0.2, -0.15) is 0 Å². The van der Waals surface area contributed by atoms with E-state index in [9.17, 15) is 4.79 Å². The fourth-order valence-corrected chi connectivity index (χ4v) is 2.95. The Morgan fingerprint density at radius 3 is 2.54 bits per heavy atom. The zero-order valence-electron chi connectivity index (χ0n) is 14.5. The third-order valence-corrected chi connectivity index (χ3v) is 4.17. The number of fused-ring (bicyclic) bond motifs is 1. The van der Waals surface area contributed by atoms with Crippen LogP contribution in [0.4, 0.5) is 9.93 Å². The van der Waals surface area contributed by atoms with Crippen LogP contribution in [0, 0.1) is 11.8 Å². The molecule has 0 spiro atoms. The number of hydrogen-bond acceptors (Lipinski definition) is 5. The van der Waals surface area contributed by atoms with Gasteiger partial charge in [0.25, 0.3) is 0 Å². The maximum Gasteiger partial charge on any atom is 0.413 e. The number of nitrogens with one attached hydrogen (secondary N) is 1. The van der Waals surface area contributed by atoms with Crippen LogP contribution in [0.3, 0.4) is 0 Å². The first-order chi connectivity index (χ1) is 12.3. The number of amides is 1. The van der Waals surface area contributed by atoms with Crippen molar-refractivity contribution in [1.29, 1.82) is 0 Å². The number of halogens is 1. The fourth-order valence-electron chi connectivity index (χ4n) is 2.00. The van der Waals surface area contributed by atoms with Crippen LogP contribution in [0.5, 0.6) is 0 Å². The maximum absolute atomic E-state index is 11.8. The molecule has 26 heavy (non-hydrogen) atoms. The van der Waals surface area contributed by atoms with Gasteiger partial charge in [0.1, 0.15) is 21.6 Å². The van der Waals surface area contributed by atoms with Gasteiger partial charge in [0, 0.05) is 10.6 Å². The quantitative estimate of drug-likeness (QED) is 0.592. The van der Waals surface area contributed by atoms with E-state index < -0.39 is 11.7 Å². The molecule has 0 bridgehead atoms. The smallest absolute Gasteiger partial charge is 0.413 e. The average molecular weight is 386 g/mol. The van der Waals surface area contributed by atoms with Gasteiger partial charge < -0.3 is 4.74 Å². The lowest BCUT2D eigenvalue weighted by atomic mass is 10.2. The van der Waals surface area contributed by atoms with Crippen LogP contribution >= 0.6 is 22.9 Å². The van der Waals surface area contributed by atoms with E-state index in [0.29, 0.717) is 26.2 Å². The van der Waals surface area contributed by atoms with Crippen molar-refractivity contribution in [3.63, 3.8) is 0 Å². The van der Waals surface area contributed by atoms with Crippen LogP contribution in [0.25, 0.3) is 10.3 Å². The lowest BCUT2D eigenvalue weighted by Gasteiger charge is -2.18. The Bertz CT molecular complexity index is 1010. The highest BCUT2D eigenvalue weighted by Crippen LogP contribution is 2.25. The number of benzene rings is 1. The Kier molecular flexibility index (Phi) is 5.12. The second kappa shape index (κ2) is 7.32. The summed E-state index contributed by atoms with van der Waals surface area (Å²) in [6.45, 7) is 5.41. The molecule has 5 nitrogen and oxygen atoms in total. The standard InChI is InChI=1S/C19H16ClN3O2S/c1-19(2,3)25-18(24)23-17-22-15-11-10-14(21-16(15)26-17)9-6-12-4-7-13(20)8-5-12/h4-5,7-8,10-11H,1-3H3,(H,22,23,24). The SMILES string of the molecule is CC(C)(C)OC(=O)Nc1nc2ccc(C#Cc3ccc(Cl)cc3)nc2s1. The number of ether oxygens (including phenoxy) is 1. The summed E-state index contributed by atoms with van der Waals surface area (Å²) < 4.78 is 5.22. The van der Waals surface area contributed by atoms with E-state index in [2.05, 4.69) is 27.1 Å². The minimum Gasteiger partial charge on any atom is -0.444 e. The number of pyridine rings is 1. The van der Waals surface area contributed by atoms with Crippen molar-refractivity contribution in [3.05, 3.63) is 52.7 Å². The second-order valence-corrected chi connectivity index (χ2v) is 7.84. The zero-order chi connectivity index (χ0) is 18.7. The molecule has 1 N–H and O–H groups in total. The number of carbonyl (C=O) groups excluding carboxylic acids is 1. The molecule has 132 valence electrons. The Morgan fingerprint density at radius 1 is 1.12 bits per heavy atom. The summed E-state index contributed by atoms with van der Waals surface area (Å²) in [7, 11) is 0. The highest BCUT2D eigenvalue weighted by Gasteiger charge is 2.17. The molecule has 1 amide bonds. The fraction of sp³-hybridized carbons (Fsp3) is 0.211. The van der Waals surface area contributed by atoms with Crippen molar-refractivity contribution < 1.29 is 9.53 Å². The first-order valence-corrected chi connectivity index (χ1v) is 9.03. The molecule has 2 heterocycles. The normalized spacial score (nSPS) is 10.9. The molecule has 0 aliphatic carbocycles. The van der Waals surface area contributed by atoms with E-state index in [-0.39, 0.29) is 0 Å². The summed E-state index contributed by atoms with van der Waals surface area (Å²) in [5.74, 6) is 6.06. The van der Waals surface area contributed by atoms with E-state index in [0.717, 1.165) is 5.56 Å². The molecule has 0 saturated heterocycles. The lowest BCUT2D eigenvalue weighted by Crippen LogP contribution is -2.27. The summed E-state index contributed by atoms with van der Waals surface area (Å²) in [6, 6.07) is 10.9. The van der Waals surface area contributed by atoms with E-state index in [4.69, 9.17) is 16.3 Å². The largest absolute Gasteiger partial charge is 0.444 e. The molecule has 0 atom stereocenters. The summed E-state index contributed by atoms with van der Waals surface area (Å²) in [6.07, 6.45) is -0.542. The van der Waals surface area contributed by atoms with Crippen LogP contribution in [0.2, 0.25) is 5.02 Å². The minimum absolute atomic E-state index is 0.435. The number of nitrogens with zero attached hydrogens (tertiary/aromatic N) is 2. The molecule has 0 radical (unpaired) electrons. The van der Waals surface area contributed by atoms with E-state index in [1.807, 2.05) is 18.2 Å². The number of carbonyl (C=O) groups is 1. The third kappa shape index (κ3) is 4.94. The first-order valence-electron chi connectivity index (χ1n) is 7.84. The van der Waals surface area contributed by atoms with Crippen molar-refractivity contribution in [2.45, 2.75) is 26.4 Å². The molecule has 1 aromatic carbocycles. The number of hydrogen-bond donors (Lipinski definition) is 1. The molecular formula is C19H16ClN3O2S. The predicted molar refractivity (Wildman–Crippen MR) is 105 cm³/mol. The van der Waals surface area contributed by atoms with E-state index in [1.165, 1.54) is 11.3 Å². The van der Waals surface area contributed by atoms with Crippen LogP contribution < -0.4 is 5.32 Å². The van der Waals surface area contributed by atoms with Gasteiger partial charge in [0.2, 0.25) is 0 Å². The van der Waals surface area contributed by atoms with Crippen LogP contribution in [-0.2, 0) is 4.74 Å². The highest BCUT2D eigenvalue weighted by atomic mass is 35.5. The monoisotopic (exact) mass is 385 g/mol. The zero-order valence-corrected chi connectivity index (χ0v) is 16.0. The number of aromatic nitrogens is 2. The van der Waals surface area contributed by atoms with Gasteiger partial charge in [-0.1, -0.05) is 28.9 Å². The van der Waals surface area contributed by atoms with Gasteiger partial charge in [-0.25, -0.2) is 14.8 Å². The Labute approximate surface area is 160 Å². The van der Waals surface area contributed by atoms with Crippen molar-refractivity contribution in [3.8, 4) is 11.8 Å². The molecule has 3 rings (SSSR count). The highest BCUT2D eigenvalue weighted by molar-refractivity contribution is 7.21. The van der Waals surface area contributed by atoms with Crippen LogP contribution in [0.15, 0.2) is 36.4 Å². The average Bonchev–Trinajstić information content (AvgIpc) is 2.93. The second-order valence-electron chi connectivity index (χ2n) is 6.42. The van der Waals surface area contributed by atoms with Crippen molar-refractivity contribution in [2.75, 3.05) is 5.32 Å². The molecule has 0 saturated carbocycles. The molecule has 0 aliphatic rings. The number of thiazole rings is 1. The third-order valence-electron chi connectivity index (χ3n) is 3.04. The van der Waals surface area contributed by atoms with Gasteiger partial charge in [-0.15, -0.1) is 0 Å². The van der Waals surface area contributed by atoms with Crippen LogP contribution in [0.1, 0.15) is 32.0 Å². The first kappa shape index (κ1) is 18.2. The Morgan fingerprint density at radius 2 is 1.85 bits per heavy atom. The number of anilines is 1. The topological polar surface area (TPSA) is 64.1 Å². The van der Waals surface area contributed by atoms with Gasteiger partial charge in [0.15, 0.2) is 5.13 Å². The summed E-state index contributed by atoms with van der Waals surface area (Å²) in [5.41, 5.74) is 1.61. The maximum atomic E-state index is 11.8. The van der Waals surface area contributed by atoms with Crippen LogP contribution in [-0.4, -0.2) is 21.7 Å². The summed E-state index contributed by atoms with van der Waals surface area (Å²) >= 11 is 7.13. The van der Waals surface area contributed by atoms with Gasteiger partial charge >= 0.3 is 6.09 Å². The minimum atomic E-state index is -0.566. The van der Waals surface area contributed by atoms with E-state index >= 15 is 0 Å². The lowest BCUT2D eigenvalue weighted by molar-refractivity contribution is 0.0636. The van der Waals surface area contributed by atoms with E-state index in [1.54, 1.807) is 39.0 Å². The van der Waals surface area contributed by atoms with Gasteiger partial charge in [-0.3, -0.25) is 5.32 Å². The molecule has 2 aromatic heterocycles. The Balaban J connectivity index is 1.77. The summed E-state index contributed by atoms with van der Waals surface area (Å²) in [5, 5.41) is 3.73. The van der Waals surface area contributed by atoms with Crippen molar-refractivity contribution in [1.82, 2.24) is 9.97 Å². The van der Waals surface area contributed by atoms with Gasteiger partial charge in [-0.05, 0) is 63.1 Å². The molecular weight excluding hydrogens is 370 g/mol. The molecule has 0 unspecified atom stereocenters. The summed E-state index contributed by atoms with van der Waals surface area (Å²) in [4.78, 5) is 21.3. The number of rotatable bonds is 1. The van der Waals surface area contributed by atoms with Crippen molar-refractivity contribution in [2.24, 2.45) is 0 Å².